The zero-order valence-corrected chi connectivity index (χ0v) is 13.7. The van der Waals surface area contributed by atoms with Crippen molar-refractivity contribution in [2.45, 2.75) is 6.54 Å². The Morgan fingerprint density at radius 1 is 1.25 bits per heavy atom. The number of halogens is 1. The molecule has 1 aromatic heterocycles. The molecule has 0 unspecified atom stereocenters. The Kier molecular flexibility index (Phi) is 4.77. The average Bonchev–Trinajstić information content (AvgIpc) is 3.04. The fraction of sp³-hybridized carbons (Fsp3) is 0.118. The van der Waals surface area contributed by atoms with Crippen LogP contribution in [0, 0.1) is 0 Å². The van der Waals surface area contributed by atoms with Gasteiger partial charge in [0.2, 0.25) is 0 Å². The first kappa shape index (κ1) is 16.0. The van der Waals surface area contributed by atoms with Crippen LogP contribution in [0.3, 0.4) is 0 Å². The summed E-state index contributed by atoms with van der Waals surface area (Å²) in [5, 5.41) is 11.0. The minimum absolute atomic E-state index is 0.234. The maximum absolute atomic E-state index is 12.2. The van der Waals surface area contributed by atoms with Crippen molar-refractivity contribution in [1.82, 2.24) is 15.0 Å². The number of benzene rings is 2. The predicted octanol–water partition coefficient (Wildman–Crippen LogP) is 3.24. The van der Waals surface area contributed by atoms with E-state index in [1.165, 1.54) is 7.11 Å². The molecule has 0 fully saturated rings. The number of methoxy groups -OCH3 is 1. The van der Waals surface area contributed by atoms with Crippen LogP contribution < -0.4 is 10.1 Å². The summed E-state index contributed by atoms with van der Waals surface area (Å²) in [5.41, 5.74) is 1.87. The second-order valence-electron chi connectivity index (χ2n) is 5.09. The van der Waals surface area contributed by atoms with Gasteiger partial charge in [0.05, 0.1) is 24.9 Å². The summed E-state index contributed by atoms with van der Waals surface area (Å²) in [6.07, 6.45) is 1.60. The second-order valence-corrected chi connectivity index (χ2v) is 5.50. The molecule has 3 aromatic rings. The van der Waals surface area contributed by atoms with E-state index in [2.05, 4.69) is 15.6 Å². The Hall–Kier alpha value is -2.86. The van der Waals surface area contributed by atoms with Crippen LogP contribution in [0.1, 0.15) is 16.1 Å². The predicted molar refractivity (Wildman–Crippen MR) is 91.5 cm³/mol. The van der Waals surface area contributed by atoms with Crippen LogP contribution >= 0.6 is 11.6 Å². The molecule has 0 aliphatic rings. The quantitative estimate of drug-likeness (QED) is 0.772. The summed E-state index contributed by atoms with van der Waals surface area (Å²) in [5.74, 6) is 0.194. The molecule has 0 saturated heterocycles. The molecule has 6 nitrogen and oxygen atoms in total. The van der Waals surface area contributed by atoms with Gasteiger partial charge in [-0.05, 0) is 23.8 Å². The van der Waals surface area contributed by atoms with Crippen LogP contribution in [0.2, 0.25) is 5.02 Å². The van der Waals surface area contributed by atoms with E-state index in [1.807, 2.05) is 30.3 Å². The number of ether oxygens (including phenoxy) is 1. The lowest BCUT2D eigenvalue weighted by molar-refractivity contribution is 0.102. The molecule has 24 heavy (non-hydrogen) atoms. The van der Waals surface area contributed by atoms with Gasteiger partial charge < -0.3 is 10.1 Å². The molecule has 1 amide bonds. The van der Waals surface area contributed by atoms with Crippen molar-refractivity contribution in [2.75, 3.05) is 12.4 Å². The number of carbonyl (C=O) groups is 1. The highest BCUT2D eigenvalue weighted by molar-refractivity contribution is 6.32. The summed E-state index contributed by atoms with van der Waals surface area (Å²) in [4.78, 5) is 12.2. The molecule has 0 spiro atoms. The molecule has 2 aromatic carbocycles. The normalized spacial score (nSPS) is 10.4. The molecule has 1 heterocycles. The monoisotopic (exact) mass is 342 g/mol. The lowest BCUT2D eigenvalue weighted by Crippen LogP contribution is -2.12. The van der Waals surface area contributed by atoms with Crippen LogP contribution in [0.4, 0.5) is 5.69 Å². The first-order valence-electron chi connectivity index (χ1n) is 7.24. The highest BCUT2D eigenvalue weighted by Gasteiger charge is 2.12. The van der Waals surface area contributed by atoms with Gasteiger partial charge in [-0.1, -0.05) is 47.1 Å². The van der Waals surface area contributed by atoms with E-state index >= 15 is 0 Å². The third-order valence-electron chi connectivity index (χ3n) is 3.37. The zero-order chi connectivity index (χ0) is 16.9. The molecule has 0 aliphatic carbocycles. The Morgan fingerprint density at radius 2 is 2.04 bits per heavy atom. The van der Waals surface area contributed by atoms with Crippen molar-refractivity contribution in [3.8, 4) is 5.75 Å². The number of anilines is 1. The lowest BCUT2D eigenvalue weighted by Gasteiger charge is -2.06. The van der Waals surface area contributed by atoms with E-state index in [9.17, 15) is 4.79 Å². The fourth-order valence-corrected chi connectivity index (χ4v) is 2.45. The minimum atomic E-state index is -0.351. The standard InChI is InChI=1S/C17H15ClN4O2/c1-24-16-8-7-13(9-14(16)18)19-17(23)15-11-22(21-20-15)10-12-5-3-2-4-6-12/h2-9,11H,10H2,1H3,(H,19,23). The molecular formula is C17H15ClN4O2. The van der Waals surface area contributed by atoms with Crippen LogP contribution in [0.5, 0.6) is 5.75 Å². The molecule has 1 N–H and O–H groups in total. The lowest BCUT2D eigenvalue weighted by atomic mass is 10.2. The number of hydrogen-bond donors (Lipinski definition) is 1. The SMILES string of the molecule is COc1ccc(NC(=O)c2cn(Cc3ccccc3)nn2)cc1Cl. The van der Waals surface area contributed by atoms with Gasteiger partial charge in [0, 0.05) is 5.69 Å². The second kappa shape index (κ2) is 7.14. The number of nitrogens with zero attached hydrogens (tertiary/aromatic N) is 3. The molecule has 0 saturated carbocycles. The highest BCUT2D eigenvalue weighted by Crippen LogP contribution is 2.27. The summed E-state index contributed by atoms with van der Waals surface area (Å²) in [7, 11) is 1.53. The summed E-state index contributed by atoms with van der Waals surface area (Å²) in [6, 6.07) is 14.8. The van der Waals surface area contributed by atoms with E-state index in [0.717, 1.165) is 5.56 Å². The van der Waals surface area contributed by atoms with Gasteiger partial charge in [0.15, 0.2) is 5.69 Å². The van der Waals surface area contributed by atoms with Crippen LogP contribution in [-0.4, -0.2) is 28.0 Å². The van der Waals surface area contributed by atoms with Crippen molar-refractivity contribution >= 4 is 23.2 Å². The van der Waals surface area contributed by atoms with Crippen LogP contribution in [0.25, 0.3) is 0 Å². The van der Waals surface area contributed by atoms with Crippen molar-refractivity contribution in [2.24, 2.45) is 0 Å². The first-order chi connectivity index (χ1) is 11.7. The van der Waals surface area contributed by atoms with Gasteiger partial charge in [-0.15, -0.1) is 5.10 Å². The Bertz CT molecular complexity index is 849. The number of aromatic nitrogens is 3. The maximum atomic E-state index is 12.2. The maximum Gasteiger partial charge on any atom is 0.277 e. The molecule has 0 aliphatic heterocycles. The van der Waals surface area contributed by atoms with Crippen molar-refractivity contribution in [1.29, 1.82) is 0 Å². The molecular weight excluding hydrogens is 328 g/mol. The Morgan fingerprint density at radius 3 is 2.75 bits per heavy atom. The average molecular weight is 343 g/mol. The molecule has 3 rings (SSSR count). The van der Waals surface area contributed by atoms with Gasteiger partial charge >= 0.3 is 0 Å². The van der Waals surface area contributed by atoms with E-state index < -0.39 is 0 Å². The van der Waals surface area contributed by atoms with Gasteiger partial charge in [0.1, 0.15) is 5.75 Å². The number of amides is 1. The zero-order valence-electron chi connectivity index (χ0n) is 12.9. The molecule has 0 bridgehead atoms. The summed E-state index contributed by atoms with van der Waals surface area (Å²) in [6.45, 7) is 0.551. The largest absolute Gasteiger partial charge is 0.495 e. The summed E-state index contributed by atoms with van der Waals surface area (Å²) < 4.78 is 6.70. The fourth-order valence-electron chi connectivity index (χ4n) is 2.19. The van der Waals surface area contributed by atoms with Crippen molar-refractivity contribution < 1.29 is 9.53 Å². The Balaban J connectivity index is 1.68. The van der Waals surface area contributed by atoms with Crippen LogP contribution in [0.15, 0.2) is 54.7 Å². The third-order valence-corrected chi connectivity index (χ3v) is 3.66. The summed E-state index contributed by atoms with van der Waals surface area (Å²) >= 11 is 6.04. The number of nitrogens with one attached hydrogen (secondary N) is 1. The number of carbonyl (C=O) groups excluding carboxylic acids is 1. The molecule has 122 valence electrons. The van der Waals surface area contributed by atoms with Crippen molar-refractivity contribution in [3.05, 3.63) is 71.0 Å². The van der Waals surface area contributed by atoms with E-state index in [-0.39, 0.29) is 11.6 Å². The first-order valence-corrected chi connectivity index (χ1v) is 7.62. The third kappa shape index (κ3) is 3.72. The van der Waals surface area contributed by atoms with Gasteiger partial charge in [0.25, 0.3) is 5.91 Å². The number of hydrogen-bond acceptors (Lipinski definition) is 4. The van der Waals surface area contributed by atoms with E-state index in [0.29, 0.717) is 23.0 Å². The van der Waals surface area contributed by atoms with Gasteiger partial charge in [-0.3, -0.25) is 4.79 Å². The van der Waals surface area contributed by atoms with Gasteiger partial charge in [-0.2, -0.15) is 0 Å². The van der Waals surface area contributed by atoms with Crippen LogP contribution in [-0.2, 0) is 6.54 Å². The van der Waals surface area contributed by atoms with Crippen molar-refractivity contribution in [3.63, 3.8) is 0 Å². The van der Waals surface area contributed by atoms with E-state index in [4.69, 9.17) is 16.3 Å². The number of rotatable bonds is 5. The molecule has 0 atom stereocenters. The highest BCUT2D eigenvalue weighted by atomic mass is 35.5. The molecule has 7 heteroatoms. The topological polar surface area (TPSA) is 69.0 Å². The molecule has 0 radical (unpaired) electrons. The smallest absolute Gasteiger partial charge is 0.277 e. The minimum Gasteiger partial charge on any atom is -0.495 e. The van der Waals surface area contributed by atoms with E-state index in [1.54, 1.807) is 29.1 Å². The Labute approximate surface area is 144 Å². The van der Waals surface area contributed by atoms with Gasteiger partial charge in [-0.25, -0.2) is 4.68 Å².